The number of nitrogens with one attached hydrogen (secondary N) is 1. The van der Waals surface area contributed by atoms with E-state index in [1.807, 2.05) is 47.5 Å². The number of hydrogen-bond donors (Lipinski definition) is 2. The van der Waals surface area contributed by atoms with Gasteiger partial charge in [0.1, 0.15) is 13.2 Å². The SMILES string of the molecule is N[C@@H]1CN(C(=O)c2c[nH]cc2-c2ccc3c(c2)OCCO3)C[C@H]1c1ccccc1. The van der Waals surface area contributed by atoms with Crippen molar-refractivity contribution >= 4 is 5.91 Å². The van der Waals surface area contributed by atoms with E-state index in [0.717, 1.165) is 16.9 Å². The molecular formula is C23H23N3O3. The van der Waals surface area contributed by atoms with E-state index in [2.05, 4.69) is 17.1 Å². The molecule has 2 aliphatic rings. The van der Waals surface area contributed by atoms with Gasteiger partial charge in [-0.1, -0.05) is 36.4 Å². The lowest BCUT2D eigenvalue weighted by molar-refractivity contribution is 0.0790. The van der Waals surface area contributed by atoms with Crippen molar-refractivity contribution in [2.45, 2.75) is 12.0 Å². The Labute approximate surface area is 169 Å². The third-order valence-electron chi connectivity index (χ3n) is 5.71. The van der Waals surface area contributed by atoms with Gasteiger partial charge in [-0.15, -0.1) is 0 Å². The van der Waals surface area contributed by atoms with Crippen molar-refractivity contribution in [1.82, 2.24) is 9.88 Å². The second-order valence-corrected chi connectivity index (χ2v) is 7.53. The summed E-state index contributed by atoms with van der Waals surface area (Å²) >= 11 is 0. The van der Waals surface area contributed by atoms with Crippen molar-refractivity contribution in [1.29, 1.82) is 0 Å². The smallest absolute Gasteiger partial charge is 0.256 e. The number of aromatic amines is 1. The van der Waals surface area contributed by atoms with Crippen LogP contribution in [0.25, 0.3) is 11.1 Å². The summed E-state index contributed by atoms with van der Waals surface area (Å²) in [5.74, 6) is 1.59. The average Bonchev–Trinajstić information content (AvgIpc) is 3.40. The van der Waals surface area contributed by atoms with E-state index >= 15 is 0 Å². The Kier molecular flexibility index (Phi) is 4.48. The molecule has 3 N–H and O–H groups in total. The van der Waals surface area contributed by atoms with Crippen molar-refractivity contribution in [2.75, 3.05) is 26.3 Å². The van der Waals surface area contributed by atoms with Gasteiger partial charge in [-0.3, -0.25) is 4.79 Å². The largest absolute Gasteiger partial charge is 0.486 e. The topological polar surface area (TPSA) is 80.6 Å². The third-order valence-corrected chi connectivity index (χ3v) is 5.71. The monoisotopic (exact) mass is 389 g/mol. The Balaban J connectivity index is 1.40. The summed E-state index contributed by atoms with van der Waals surface area (Å²) in [5, 5.41) is 0. The molecule has 2 atom stereocenters. The fourth-order valence-electron chi connectivity index (χ4n) is 4.21. The highest BCUT2D eigenvalue weighted by molar-refractivity contribution is 6.01. The molecule has 0 radical (unpaired) electrons. The number of aromatic nitrogens is 1. The molecule has 3 aromatic rings. The first-order valence-electron chi connectivity index (χ1n) is 9.87. The molecule has 0 aliphatic carbocycles. The summed E-state index contributed by atoms with van der Waals surface area (Å²) in [6, 6.07) is 15.9. The van der Waals surface area contributed by atoms with Crippen LogP contribution < -0.4 is 15.2 Å². The number of nitrogens with zero attached hydrogens (tertiary/aromatic N) is 1. The van der Waals surface area contributed by atoms with E-state index in [4.69, 9.17) is 15.2 Å². The molecule has 1 fully saturated rings. The Morgan fingerprint density at radius 1 is 1.00 bits per heavy atom. The molecule has 29 heavy (non-hydrogen) atoms. The van der Waals surface area contributed by atoms with Crippen LogP contribution in [-0.4, -0.2) is 48.1 Å². The number of amides is 1. The fourth-order valence-corrected chi connectivity index (χ4v) is 4.21. The molecule has 1 aromatic heterocycles. The van der Waals surface area contributed by atoms with Gasteiger partial charge >= 0.3 is 0 Å². The summed E-state index contributed by atoms with van der Waals surface area (Å²) in [6.45, 7) is 2.25. The zero-order chi connectivity index (χ0) is 19.8. The zero-order valence-electron chi connectivity index (χ0n) is 16.0. The maximum absolute atomic E-state index is 13.3. The van der Waals surface area contributed by atoms with E-state index in [0.29, 0.717) is 37.6 Å². The second-order valence-electron chi connectivity index (χ2n) is 7.53. The van der Waals surface area contributed by atoms with Crippen molar-refractivity contribution in [2.24, 2.45) is 5.73 Å². The van der Waals surface area contributed by atoms with Gasteiger partial charge in [0, 0.05) is 43.0 Å². The fraction of sp³-hybridized carbons (Fsp3) is 0.261. The van der Waals surface area contributed by atoms with Crippen molar-refractivity contribution in [3.8, 4) is 22.6 Å². The Bertz CT molecular complexity index is 1030. The third kappa shape index (κ3) is 3.25. The van der Waals surface area contributed by atoms with E-state index in [9.17, 15) is 4.79 Å². The maximum atomic E-state index is 13.3. The highest BCUT2D eigenvalue weighted by Gasteiger charge is 2.35. The number of rotatable bonds is 3. The molecule has 6 heteroatoms. The average molecular weight is 389 g/mol. The molecule has 0 saturated carbocycles. The number of carbonyl (C=O) groups is 1. The van der Waals surface area contributed by atoms with Crippen LogP contribution in [0.4, 0.5) is 0 Å². The van der Waals surface area contributed by atoms with Crippen LogP contribution in [0, 0.1) is 0 Å². The maximum Gasteiger partial charge on any atom is 0.256 e. The van der Waals surface area contributed by atoms with Crippen molar-refractivity contribution < 1.29 is 14.3 Å². The van der Waals surface area contributed by atoms with Gasteiger partial charge in [-0.25, -0.2) is 0 Å². The van der Waals surface area contributed by atoms with E-state index < -0.39 is 0 Å². The minimum absolute atomic E-state index is 0.00924. The van der Waals surface area contributed by atoms with Crippen LogP contribution in [0.5, 0.6) is 11.5 Å². The second kappa shape index (κ2) is 7.29. The standard InChI is InChI=1S/C23H23N3O3/c24-20-14-26(13-19(20)15-4-2-1-3-5-15)23(27)18-12-25-11-17(18)16-6-7-21-22(10-16)29-9-8-28-21/h1-7,10-12,19-20,25H,8-9,13-14,24H2/t19-,20+/m0/s1. The van der Waals surface area contributed by atoms with Gasteiger partial charge in [0.25, 0.3) is 5.91 Å². The first-order valence-corrected chi connectivity index (χ1v) is 9.87. The predicted molar refractivity (Wildman–Crippen MR) is 110 cm³/mol. The number of likely N-dealkylation sites (tertiary alicyclic amines) is 1. The van der Waals surface area contributed by atoms with Crippen LogP contribution in [0.3, 0.4) is 0 Å². The van der Waals surface area contributed by atoms with E-state index in [1.165, 1.54) is 5.56 Å². The quantitative estimate of drug-likeness (QED) is 0.722. The van der Waals surface area contributed by atoms with E-state index in [-0.39, 0.29) is 17.9 Å². The normalized spacial score (nSPS) is 20.7. The first-order chi connectivity index (χ1) is 14.2. The van der Waals surface area contributed by atoms with Crippen molar-refractivity contribution in [3.63, 3.8) is 0 Å². The molecule has 0 spiro atoms. The van der Waals surface area contributed by atoms with Crippen LogP contribution in [0.2, 0.25) is 0 Å². The van der Waals surface area contributed by atoms with Gasteiger partial charge in [0.2, 0.25) is 0 Å². The molecule has 2 aromatic carbocycles. The highest BCUT2D eigenvalue weighted by atomic mass is 16.6. The number of hydrogen-bond acceptors (Lipinski definition) is 4. The molecule has 1 amide bonds. The molecule has 1 saturated heterocycles. The Morgan fingerprint density at radius 2 is 1.79 bits per heavy atom. The lowest BCUT2D eigenvalue weighted by Gasteiger charge is -2.19. The number of nitrogens with two attached hydrogens (primary N) is 1. The van der Waals surface area contributed by atoms with Crippen LogP contribution in [-0.2, 0) is 0 Å². The van der Waals surface area contributed by atoms with Gasteiger partial charge in [0.05, 0.1) is 5.56 Å². The zero-order valence-corrected chi connectivity index (χ0v) is 16.0. The summed E-state index contributed by atoms with van der Waals surface area (Å²) < 4.78 is 11.3. The highest BCUT2D eigenvalue weighted by Crippen LogP contribution is 2.36. The van der Waals surface area contributed by atoms with Gasteiger partial charge in [0.15, 0.2) is 11.5 Å². The molecule has 6 nitrogen and oxygen atoms in total. The van der Waals surface area contributed by atoms with Gasteiger partial charge < -0.3 is 25.1 Å². The minimum Gasteiger partial charge on any atom is -0.486 e. The summed E-state index contributed by atoms with van der Waals surface area (Å²) in [6.07, 6.45) is 3.61. The number of ether oxygens (including phenoxy) is 2. The van der Waals surface area contributed by atoms with E-state index in [1.54, 1.807) is 6.20 Å². The first kappa shape index (κ1) is 17.8. The number of fused-ring (bicyclic) bond motifs is 1. The lowest BCUT2D eigenvalue weighted by Crippen LogP contribution is -2.32. The predicted octanol–water partition coefficient (Wildman–Crippen LogP) is 3.02. The Hall–Kier alpha value is -3.25. The van der Waals surface area contributed by atoms with Crippen LogP contribution in [0.1, 0.15) is 21.8 Å². The van der Waals surface area contributed by atoms with Crippen LogP contribution >= 0.6 is 0 Å². The number of benzene rings is 2. The minimum atomic E-state index is -0.0713. The van der Waals surface area contributed by atoms with Gasteiger partial charge in [-0.05, 0) is 23.3 Å². The number of carbonyl (C=O) groups excluding carboxylic acids is 1. The summed E-state index contributed by atoms with van der Waals surface area (Å²) in [7, 11) is 0. The molecule has 0 bridgehead atoms. The summed E-state index contributed by atoms with van der Waals surface area (Å²) in [5.41, 5.74) is 9.97. The molecule has 148 valence electrons. The van der Waals surface area contributed by atoms with Crippen LogP contribution in [0.15, 0.2) is 60.9 Å². The van der Waals surface area contributed by atoms with Gasteiger partial charge in [-0.2, -0.15) is 0 Å². The summed E-state index contributed by atoms with van der Waals surface area (Å²) in [4.78, 5) is 18.2. The number of H-pyrrole nitrogens is 1. The molecule has 5 rings (SSSR count). The molecule has 0 unspecified atom stereocenters. The van der Waals surface area contributed by atoms with Crippen molar-refractivity contribution in [3.05, 3.63) is 72.1 Å². The Morgan fingerprint density at radius 3 is 2.62 bits per heavy atom. The molecule has 3 heterocycles. The molecule has 2 aliphatic heterocycles. The lowest BCUT2D eigenvalue weighted by atomic mass is 9.95. The molecular weight excluding hydrogens is 366 g/mol.